The average Bonchev–Trinajstić information content (AvgIpc) is 3.18. The molecule has 8 heteroatoms. The molecule has 0 saturated carbocycles. The van der Waals surface area contributed by atoms with Gasteiger partial charge in [-0.1, -0.05) is 41.4 Å². The highest BCUT2D eigenvalue weighted by atomic mass is 35.5. The van der Waals surface area contributed by atoms with Crippen LogP contribution >= 0.6 is 23.2 Å². The van der Waals surface area contributed by atoms with E-state index < -0.39 is 0 Å². The molecule has 2 heterocycles. The van der Waals surface area contributed by atoms with Gasteiger partial charge in [0.15, 0.2) is 17.3 Å². The molecule has 5 rings (SSSR count). The fraction of sp³-hybridized carbons (Fsp3) is 0.250. The maximum atomic E-state index is 13.3. The van der Waals surface area contributed by atoms with Gasteiger partial charge in [-0.2, -0.15) is 0 Å². The Morgan fingerprint density at radius 1 is 1.08 bits per heavy atom. The highest BCUT2D eigenvalue weighted by Gasteiger charge is 2.34. The van der Waals surface area contributed by atoms with Crippen LogP contribution in [-0.4, -0.2) is 38.2 Å². The molecule has 0 bridgehead atoms. The largest absolute Gasteiger partial charge is 0.493 e. The summed E-state index contributed by atoms with van der Waals surface area (Å²) < 4.78 is 23.0. The third-order valence-electron chi connectivity index (χ3n) is 6.43. The van der Waals surface area contributed by atoms with Gasteiger partial charge in [-0.15, -0.1) is 0 Å². The Labute approximate surface area is 219 Å². The number of halogens is 2. The summed E-state index contributed by atoms with van der Waals surface area (Å²) in [5.41, 5.74) is 4.03. The quantitative estimate of drug-likeness (QED) is 0.350. The Bertz CT molecular complexity index is 1380. The Balaban J connectivity index is 1.38. The topological polar surface area (TPSA) is 57.2 Å². The van der Waals surface area contributed by atoms with E-state index in [1.807, 2.05) is 37.3 Å². The third kappa shape index (κ3) is 4.52. The number of methoxy groups -OCH3 is 2. The second-order valence-electron chi connectivity index (χ2n) is 8.70. The van der Waals surface area contributed by atoms with E-state index in [9.17, 15) is 4.79 Å². The first-order valence-corrected chi connectivity index (χ1v) is 12.3. The lowest BCUT2D eigenvalue weighted by molar-refractivity contribution is 0.0954. The van der Waals surface area contributed by atoms with Crippen molar-refractivity contribution < 1.29 is 23.7 Å². The molecule has 0 aliphatic carbocycles. The maximum absolute atomic E-state index is 13.3. The molecule has 0 fully saturated rings. The van der Waals surface area contributed by atoms with Crippen LogP contribution in [0, 0.1) is 6.92 Å². The van der Waals surface area contributed by atoms with E-state index in [1.54, 1.807) is 32.4 Å². The average molecular weight is 526 g/mol. The maximum Gasteiger partial charge on any atom is 0.231 e. The highest BCUT2D eigenvalue weighted by molar-refractivity contribution is 6.35. The lowest BCUT2D eigenvalue weighted by Crippen LogP contribution is -2.34. The molecule has 0 amide bonds. The van der Waals surface area contributed by atoms with Crippen LogP contribution in [-0.2, 0) is 13.0 Å². The summed E-state index contributed by atoms with van der Waals surface area (Å²) >= 11 is 12.3. The van der Waals surface area contributed by atoms with Crippen LogP contribution in [0.3, 0.4) is 0 Å². The molecule has 0 unspecified atom stereocenters. The number of Topliss-reactive ketones (excluding diaryl/α,β-unsaturated/α-hetero) is 1. The molecule has 0 atom stereocenters. The summed E-state index contributed by atoms with van der Waals surface area (Å²) in [6.45, 7) is 3.77. The van der Waals surface area contributed by atoms with Gasteiger partial charge in [-0.05, 0) is 49.2 Å². The summed E-state index contributed by atoms with van der Waals surface area (Å²) in [5.74, 6) is 2.48. The van der Waals surface area contributed by atoms with Gasteiger partial charge in [-0.3, -0.25) is 9.69 Å². The number of rotatable bonds is 6. The second kappa shape index (κ2) is 10.1. The molecular formula is C28H25Cl2NO5. The summed E-state index contributed by atoms with van der Waals surface area (Å²) in [5, 5.41) is 1.28. The Hall–Kier alpha value is -3.19. The number of nitrogens with zero attached hydrogens (tertiary/aromatic N) is 1. The van der Waals surface area contributed by atoms with E-state index >= 15 is 0 Å². The Kier molecular flexibility index (Phi) is 6.84. The molecular weight excluding hydrogens is 501 g/mol. The van der Waals surface area contributed by atoms with Crippen molar-refractivity contribution in [3.63, 3.8) is 0 Å². The molecule has 0 aromatic heterocycles. The minimum atomic E-state index is -0.175. The molecule has 0 spiro atoms. The van der Waals surface area contributed by atoms with Crippen molar-refractivity contribution >= 4 is 35.1 Å². The van der Waals surface area contributed by atoms with Crippen molar-refractivity contribution in [3.8, 4) is 23.0 Å². The summed E-state index contributed by atoms with van der Waals surface area (Å²) in [7, 11) is 3.14. The van der Waals surface area contributed by atoms with Gasteiger partial charge in [0.1, 0.15) is 18.2 Å². The van der Waals surface area contributed by atoms with Gasteiger partial charge in [0, 0.05) is 39.8 Å². The van der Waals surface area contributed by atoms with Crippen molar-refractivity contribution in [2.45, 2.75) is 19.9 Å². The molecule has 3 aromatic carbocycles. The molecule has 0 saturated heterocycles. The van der Waals surface area contributed by atoms with Gasteiger partial charge >= 0.3 is 0 Å². The number of carbonyl (C=O) groups is 1. The van der Waals surface area contributed by atoms with E-state index in [0.717, 1.165) is 35.4 Å². The van der Waals surface area contributed by atoms with Crippen LogP contribution < -0.4 is 18.9 Å². The predicted octanol–water partition coefficient (Wildman–Crippen LogP) is 6.33. The smallest absolute Gasteiger partial charge is 0.231 e. The van der Waals surface area contributed by atoms with E-state index in [-0.39, 0.29) is 11.5 Å². The number of allylic oxidation sites excluding steroid dienone is 1. The molecule has 2 aliphatic rings. The van der Waals surface area contributed by atoms with Gasteiger partial charge in [0.2, 0.25) is 5.78 Å². The van der Waals surface area contributed by atoms with Crippen molar-refractivity contribution in [1.29, 1.82) is 0 Å². The van der Waals surface area contributed by atoms with Crippen LogP contribution in [0.4, 0.5) is 0 Å². The monoisotopic (exact) mass is 525 g/mol. The predicted molar refractivity (Wildman–Crippen MR) is 140 cm³/mol. The van der Waals surface area contributed by atoms with Crippen molar-refractivity contribution in [2.75, 3.05) is 27.5 Å². The number of hydrogen-bond acceptors (Lipinski definition) is 6. The van der Waals surface area contributed by atoms with Crippen LogP contribution in [0.25, 0.3) is 6.08 Å². The van der Waals surface area contributed by atoms with E-state index in [0.29, 0.717) is 51.7 Å². The van der Waals surface area contributed by atoms with E-state index in [2.05, 4.69) is 4.90 Å². The van der Waals surface area contributed by atoms with Gasteiger partial charge in [0.05, 0.1) is 19.8 Å². The van der Waals surface area contributed by atoms with Crippen molar-refractivity contribution in [1.82, 2.24) is 4.90 Å². The van der Waals surface area contributed by atoms with Crippen LogP contribution in [0.2, 0.25) is 10.0 Å². The molecule has 2 aliphatic heterocycles. The normalized spacial score (nSPS) is 15.8. The third-order valence-corrected chi connectivity index (χ3v) is 7.02. The fourth-order valence-corrected chi connectivity index (χ4v) is 5.11. The minimum Gasteiger partial charge on any atom is -0.493 e. The fourth-order valence-electron chi connectivity index (χ4n) is 4.61. The number of ether oxygens (including phenoxy) is 4. The van der Waals surface area contributed by atoms with Gasteiger partial charge in [0.25, 0.3) is 0 Å². The van der Waals surface area contributed by atoms with Crippen molar-refractivity contribution in [3.05, 3.63) is 86.1 Å². The van der Waals surface area contributed by atoms with Crippen LogP contribution in [0.1, 0.15) is 32.6 Å². The molecule has 3 aromatic rings. The lowest BCUT2D eigenvalue weighted by atomic mass is 9.99. The van der Waals surface area contributed by atoms with Gasteiger partial charge in [-0.25, -0.2) is 0 Å². The lowest BCUT2D eigenvalue weighted by Gasteiger charge is -2.30. The van der Waals surface area contributed by atoms with E-state index in [4.69, 9.17) is 42.1 Å². The summed E-state index contributed by atoms with van der Waals surface area (Å²) in [6.07, 6.45) is 2.45. The SMILES string of the molecule is COc1cccc(/C=C2\Oc3c(cc4c(c3C)OCN(CCc3ccc(Cl)cc3Cl)C4)C2=O)c1OC. The zero-order chi connectivity index (χ0) is 25.4. The number of fused-ring (bicyclic) bond motifs is 2. The Morgan fingerprint density at radius 3 is 2.67 bits per heavy atom. The highest BCUT2D eigenvalue weighted by Crippen LogP contribution is 2.44. The minimum absolute atomic E-state index is 0.175. The first-order valence-electron chi connectivity index (χ1n) is 11.5. The molecule has 36 heavy (non-hydrogen) atoms. The molecule has 186 valence electrons. The van der Waals surface area contributed by atoms with Crippen LogP contribution in [0.15, 0.2) is 48.2 Å². The molecule has 0 N–H and O–H groups in total. The van der Waals surface area contributed by atoms with Gasteiger partial charge < -0.3 is 18.9 Å². The zero-order valence-corrected chi connectivity index (χ0v) is 21.7. The number of ketones is 1. The molecule has 0 radical (unpaired) electrons. The Morgan fingerprint density at radius 2 is 1.92 bits per heavy atom. The number of para-hydroxylation sites is 1. The van der Waals surface area contributed by atoms with Crippen LogP contribution in [0.5, 0.6) is 23.0 Å². The number of hydrogen-bond donors (Lipinski definition) is 0. The standard InChI is InChI=1S/C28H25Cl2NO5/c1-16-26-19(14-31(15-35-26)10-9-17-7-8-20(29)13-22(17)30)11-21-25(32)24(36-27(16)21)12-18-5-4-6-23(33-2)28(18)34-3/h4-8,11-13H,9-10,14-15H2,1-3H3/b24-12-. The number of carbonyl (C=O) groups excluding carboxylic acids is 1. The van der Waals surface area contributed by atoms with E-state index in [1.165, 1.54) is 0 Å². The molecule has 6 nitrogen and oxygen atoms in total. The zero-order valence-electron chi connectivity index (χ0n) is 20.2. The summed E-state index contributed by atoms with van der Waals surface area (Å²) in [6, 6.07) is 12.9. The summed E-state index contributed by atoms with van der Waals surface area (Å²) in [4.78, 5) is 15.5. The first kappa shape index (κ1) is 24.5. The first-order chi connectivity index (χ1) is 17.4. The second-order valence-corrected chi connectivity index (χ2v) is 9.54. The number of benzene rings is 3. The van der Waals surface area contributed by atoms with Crippen molar-refractivity contribution in [2.24, 2.45) is 0 Å².